The fraction of sp³-hybridized carbons (Fsp3) is 0.294. The zero-order valence-corrected chi connectivity index (χ0v) is 12.7. The second-order valence-corrected chi connectivity index (χ2v) is 8.99. The van der Waals surface area contributed by atoms with Crippen molar-refractivity contribution < 1.29 is 4.74 Å². The lowest BCUT2D eigenvalue weighted by Crippen LogP contribution is -2.68. The molecule has 0 saturated carbocycles. The summed E-state index contributed by atoms with van der Waals surface area (Å²) in [6.45, 7) is 0.844. The Kier molecular flexibility index (Phi) is 4.08. The lowest BCUT2D eigenvalue weighted by Gasteiger charge is -2.39. The van der Waals surface area contributed by atoms with E-state index in [0.29, 0.717) is 0 Å². The number of hydrogen-bond donors (Lipinski definition) is 0. The molecule has 2 radical (unpaired) electrons. The Balaban J connectivity index is 2.07. The summed E-state index contributed by atoms with van der Waals surface area (Å²) in [4.78, 5) is 0. The van der Waals surface area contributed by atoms with Gasteiger partial charge in [-0.1, -0.05) is 71.0 Å². The van der Waals surface area contributed by atoms with E-state index in [-0.39, 0.29) is 5.73 Å². The second kappa shape index (κ2) is 5.98. The minimum atomic E-state index is -2.32. The van der Waals surface area contributed by atoms with Crippen LogP contribution in [0.2, 0.25) is 0 Å². The predicted molar refractivity (Wildman–Crippen MR) is 87.3 cm³/mol. The molecule has 1 nitrogen and oxygen atoms in total. The van der Waals surface area contributed by atoms with Crippen LogP contribution in [-0.4, -0.2) is 27.7 Å². The van der Waals surface area contributed by atoms with E-state index in [2.05, 4.69) is 48.5 Å². The van der Waals surface area contributed by atoms with Crippen LogP contribution in [0.1, 0.15) is 19.3 Å². The summed E-state index contributed by atoms with van der Waals surface area (Å²) in [5.74, 6) is 0. The molecule has 0 aromatic heterocycles. The quantitative estimate of drug-likeness (QED) is 0.781. The SMILES string of the molecule is [B][Si](c1ccccc1)(c1ccccc1)C1CCCCO1. The van der Waals surface area contributed by atoms with Gasteiger partial charge in [0.1, 0.15) is 7.94 Å². The van der Waals surface area contributed by atoms with E-state index in [1.54, 1.807) is 0 Å². The Morgan fingerprint density at radius 1 is 0.850 bits per heavy atom. The van der Waals surface area contributed by atoms with Crippen molar-refractivity contribution in [1.82, 2.24) is 0 Å². The molecular weight excluding hydrogens is 259 g/mol. The van der Waals surface area contributed by atoms with Crippen molar-refractivity contribution in [2.24, 2.45) is 0 Å². The molecule has 20 heavy (non-hydrogen) atoms. The molecule has 0 spiro atoms. The molecule has 0 bridgehead atoms. The standard InChI is InChI=1S/C17H19BOSi/c18-20(15-9-3-1-4-10-15,16-11-5-2-6-12-16)17-13-7-8-14-19-17/h1-6,9-12,17H,7-8,13-14H2. The highest BCUT2D eigenvalue weighted by atomic mass is 28.3. The highest BCUT2D eigenvalue weighted by Gasteiger charge is 2.40. The minimum Gasteiger partial charge on any atom is -0.382 e. The highest BCUT2D eigenvalue weighted by Crippen LogP contribution is 2.20. The first-order valence-corrected chi connectivity index (χ1v) is 9.49. The zero-order valence-electron chi connectivity index (χ0n) is 11.7. The van der Waals surface area contributed by atoms with Crippen LogP contribution in [0.25, 0.3) is 0 Å². The molecule has 0 amide bonds. The maximum Gasteiger partial charge on any atom is 0.105 e. The highest BCUT2D eigenvalue weighted by molar-refractivity contribution is 7.32. The smallest absolute Gasteiger partial charge is 0.105 e. The van der Waals surface area contributed by atoms with Crippen molar-refractivity contribution >= 4 is 25.8 Å². The number of ether oxygens (including phenoxy) is 1. The summed E-state index contributed by atoms with van der Waals surface area (Å²) >= 11 is 0. The Morgan fingerprint density at radius 2 is 1.40 bits per heavy atom. The first kappa shape index (κ1) is 13.7. The molecule has 0 aliphatic carbocycles. The molecule has 0 N–H and O–H groups in total. The van der Waals surface area contributed by atoms with Crippen molar-refractivity contribution in [1.29, 1.82) is 0 Å². The van der Waals surface area contributed by atoms with Crippen molar-refractivity contribution in [3.63, 3.8) is 0 Å². The van der Waals surface area contributed by atoms with Crippen LogP contribution in [0.15, 0.2) is 60.7 Å². The van der Waals surface area contributed by atoms with Gasteiger partial charge in [-0.2, -0.15) is 0 Å². The normalized spacial score (nSPS) is 19.7. The third kappa shape index (κ3) is 2.48. The molecule has 1 aliphatic rings. The first-order valence-electron chi connectivity index (χ1n) is 7.33. The fourth-order valence-corrected chi connectivity index (χ4v) is 6.67. The molecule has 2 aromatic carbocycles. The van der Waals surface area contributed by atoms with E-state index in [1.165, 1.54) is 16.8 Å². The molecular formula is C17H19BOSi. The molecule has 1 saturated heterocycles. The fourth-order valence-electron chi connectivity index (χ4n) is 3.07. The Hall–Kier alpha value is -1.32. The van der Waals surface area contributed by atoms with Crippen molar-refractivity contribution in [2.45, 2.75) is 25.0 Å². The van der Waals surface area contributed by atoms with Crippen molar-refractivity contribution in [2.75, 3.05) is 6.61 Å². The first-order chi connectivity index (χ1) is 9.82. The zero-order chi connectivity index (χ0) is 13.8. The number of rotatable bonds is 3. The predicted octanol–water partition coefficient (Wildman–Crippen LogP) is 2.02. The van der Waals surface area contributed by atoms with E-state index in [4.69, 9.17) is 12.2 Å². The van der Waals surface area contributed by atoms with Gasteiger partial charge in [-0.25, -0.2) is 0 Å². The van der Waals surface area contributed by atoms with E-state index >= 15 is 0 Å². The van der Waals surface area contributed by atoms with E-state index < -0.39 is 7.94 Å². The van der Waals surface area contributed by atoms with Gasteiger partial charge < -0.3 is 4.74 Å². The van der Waals surface area contributed by atoms with Crippen LogP contribution in [0.3, 0.4) is 0 Å². The monoisotopic (exact) mass is 278 g/mol. The van der Waals surface area contributed by atoms with Gasteiger partial charge in [0.15, 0.2) is 0 Å². The van der Waals surface area contributed by atoms with Crippen LogP contribution in [0.5, 0.6) is 0 Å². The second-order valence-electron chi connectivity index (χ2n) is 5.46. The van der Waals surface area contributed by atoms with Gasteiger partial charge in [-0.05, 0) is 19.3 Å². The van der Waals surface area contributed by atoms with Crippen LogP contribution < -0.4 is 10.4 Å². The lowest BCUT2D eigenvalue weighted by molar-refractivity contribution is 0.0633. The van der Waals surface area contributed by atoms with Crippen LogP contribution in [0.4, 0.5) is 0 Å². The van der Waals surface area contributed by atoms with E-state index in [1.807, 2.05) is 12.1 Å². The molecule has 1 aliphatic heterocycles. The largest absolute Gasteiger partial charge is 0.382 e. The minimum absolute atomic E-state index is 0.182. The molecule has 1 heterocycles. The Morgan fingerprint density at radius 3 is 1.85 bits per heavy atom. The van der Waals surface area contributed by atoms with Gasteiger partial charge in [-0.3, -0.25) is 0 Å². The molecule has 1 unspecified atom stereocenters. The van der Waals surface area contributed by atoms with Gasteiger partial charge >= 0.3 is 0 Å². The van der Waals surface area contributed by atoms with E-state index in [9.17, 15) is 0 Å². The topological polar surface area (TPSA) is 9.23 Å². The van der Waals surface area contributed by atoms with Crippen molar-refractivity contribution in [3.05, 3.63) is 60.7 Å². The summed E-state index contributed by atoms with van der Waals surface area (Å²) in [6, 6.07) is 21.1. The number of benzene rings is 2. The van der Waals surface area contributed by atoms with Gasteiger partial charge in [0.05, 0.1) is 13.2 Å². The van der Waals surface area contributed by atoms with E-state index in [0.717, 1.165) is 19.4 Å². The van der Waals surface area contributed by atoms with Gasteiger partial charge in [0.2, 0.25) is 0 Å². The maximum atomic E-state index is 7.03. The molecule has 2 aromatic rings. The average Bonchev–Trinajstić information content (AvgIpc) is 2.56. The molecule has 100 valence electrons. The van der Waals surface area contributed by atoms with Crippen LogP contribution >= 0.6 is 0 Å². The van der Waals surface area contributed by atoms with Gasteiger partial charge in [0, 0.05) is 6.61 Å². The average molecular weight is 278 g/mol. The molecule has 1 atom stereocenters. The lowest BCUT2D eigenvalue weighted by atomic mass is 10.2. The third-order valence-corrected chi connectivity index (χ3v) is 8.24. The Labute approximate surface area is 123 Å². The molecule has 3 heteroatoms. The van der Waals surface area contributed by atoms with Gasteiger partial charge in [0.25, 0.3) is 0 Å². The molecule has 3 rings (SSSR count). The van der Waals surface area contributed by atoms with Crippen molar-refractivity contribution in [3.8, 4) is 0 Å². The van der Waals surface area contributed by atoms with Crippen LogP contribution in [0, 0.1) is 0 Å². The summed E-state index contributed by atoms with van der Waals surface area (Å²) in [5.41, 5.74) is 0.182. The third-order valence-electron chi connectivity index (χ3n) is 4.19. The maximum absolute atomic E-state index is 7.03. The summed E-state index contributed by atoms with van der Waals surface area (Å²) in [7, 11) is 4.71. The molecule has 1 fully saturated rings. The summed E-state index contributed by atoms with van der Waals surface area (Å²) in [6.07, 6.45) is 3.45. The summed E-state index contributed by atoms with van der Waals surface area (Å²) < 4.78 is 6.09. The Bertz CT molecular complexity index is 498. The number of hydrogen-bond acceptors (Lipinski definition) is 1. The van der Waals surface area contributed by atoms with Gasteiger partial charge in [-0.15, -0.1) is 0 Å². The van der Waals surface area contributed by atoms with Crippen LogP contribution in [-0.2, 0) is 4.74 Å². The summed E-state index contributed by atoms with van der Waals surface area (Å²) in [5, 5.41) is 2.52.